The number of anilines is 1. The van der Waals surface area contributed by atoms with Crippen molar-refractivity contribution in [2.45, 2.75) is 10.9 Å². The molecule has 0 saturated carbocycles. The molecule has 0 aliphatic rings. The van der Waals surface area contributed by atoms with Crippen molar-refractivity contribution < 1.29 is 18.2 Å². The number of H-pyrrole nitrogens is 1. The van der Waals surface area contributed by atoms with Gasteiger partial charge in [-0.25, -0.2) is 14.8 Å². The number of carbonyl (C=O) groups excluding carboxylic acids is 2. The summed E-state index contributed by atoms with van der Waals surface area (Å²) in [6.07, 6.45) is 2.58. The van der Waals surface area contributed by atoms with Crippen LogP contribution in [0, 0.1) is 5.82 Å². The van der Waals surface area contributed by atoms with Crippen molar-refractivity contribution in [2.24, 2.45) is 5.10 Å². The first-order valence-electron chi connectivity index (χ1n) is 10.4. The average molecular weight is 569 g/mol. The van der Waals surface area contributed by atoms with Crippen molar-refractivity contribution in [3.63, 3.8) is 0 Å². The predicted molar refractivity (Wildman–Crippen MR) is 136 cm³/mol. The fourth-order valence-corrected chi connectivity index (χ4v) is 4.45. The molecule has 1 unspecified atom stereocenters. The number of hydrazone groups is 1. The van der Waals surface area contributed by atoms with E-state index in [4.69, 9.17) is 0 Å². The number of amides is 2. The molecule has 0 aliphatic carbocycles. The molecular weight excluding hydrogens is 551 g/mol. The highest BCUT2D eigenvalue weighted by molar-refractivity contribution is 9.10. The maximum absolute atomic E-state index is 13.3. The van der Waals surface area contributed by atoms with Gasteiger partial charge in [-0.15, -0.1) is 0 Å². The highest BCUT2D eigenvalue weighted by atomic mass is 79.9. The lowest BCUT2D eigenvalue weighted by Crippen LogP contribution is -2.21. The molecule has 0 saturated heterocycles. The van der Waals surface area contributed by atoms with Crippen LogP contribution in [-0.4, -0.2) is 37.4 Å². The quantitative estimate of drug-likeness (QED) is 0.218. The summed E-state index contributed by atoms with van der Waals surface area (Å²) < 4.78 is 26.3. The lowest BCUT2D eigenvalue weighted by atomic mass is 10.1. The fourth-order valence-electron chi connectivity index (χ4n) is 3.15. The summed E-state index contributed by atoms with van der Waals surface area (Å²) in [5.41, 5.74) is 4.26. The van der Waals surface area contributed by atoms with Crippen molar-refractivity contribution in [1.82, 2.24) is 20.6 Å². The first-order valence-corrected chi connectivity index (χ1v) is 12.5. The minimum Gasteiger partial charge on any atom is -0.321 e. The van der Waals surface area contributed by atoms with Gasteiger partial charge in [0, 0.05) is 10.0 Å². The van der Waals surface area contributed by atoms with Crippen LogP contribution < -0.4 is 10.7 Å². The van der Waals surface area contributed by atoms with Crippen molar-refractivity contribution in [2.75, 3.05) is 5.32 Å². The van der Waals surface area contributed by atoms with Crippen LogP contribution in [0.3, 0.4) is 0 Å². The smallest absolute Gasteiger partial charge is 0.273 e. The van der Waals surface area contributed by atoms with Gasteiger partial charge in [0.2, 0.25) is 5.16 Å². The second-order valence-electron chi connectivity index (χ2n) is 7.38. The fraction of sp³-hybridized carbons (Fsp3) is 0.0417. The number of halogens is 2. The van der Waals surface area contributed by atoms with E-state index in [-0.39, 0.29) is 22.2 Å². The third kappa shape index (κ3) is 6.55. The van der Waals surface area contributed by atoms with Gasteiger partial charge in [-0.1, -0.05) is 40.2 Å². The zero-order chi connectivity index (χ0) is 25.5. The summed E-state index contributed by atoms with van der Waals surface area (Å²) in [7, 11) is -1.45. The van der Waals surface area contributed by atoms with E-state index in [1.807, 2.05) is 0 Å². The van der Waals surface area contributed by atoms with Gasteiger partial charge in [-0.3, -0.25) is 18.9 Å². The predicted octanol–water partition coefficient (Wildman–Crippen LogP) is 4.03. The van der Waals surface area contributed by atoms with Gasteiger partial charge < -0.3 is 5.32 Å². The van der Waals surface area contributed by atoms with E-state index < -0.39 is 28.4 Å². The zero-order valence-electron chi connectivity index (χ0n) is 18.4. The van der Waals surface area contributed by atoms with Crippen LogP contribution in [0.15, 0.2) is 87.8 Å². The number of aromatic nitrogens is 3. The molecule has 3 aromatic carbocycles. The van der Waals surface area contributed by atoms with Crippen LogP contribution in [0.2, 0.25) is 0 Å². The summed E-state index contributed by atoms with van der Waals surface area (Å²) >= 11 is 3.32. The van der Waals surface area contributed by atoms with Crippen LogP contribution in [0.4, 0.5) is 10.1 Å². The van der Waals surface area contributed by atoms with E-state index in [0.29, 0.717) is 21.2 Å². The van der Waals surface area contributed by atoms with Crippen LogP contribution in [0.25, 0.3) is 0 Å². The molecule has 0 spiro atoms. The number of benzene rings is 3. The average Bonchev–Trinajstić information content (AvgIpc) is 3.41. The van der Waals surface area contributed by atoms with Crippen molar-refractivity contribution in [3.05, 3.63) is 106 Å². The van der Waals surface area contributed by atoms with Crippen molar-refractivity contribution >= 4 is 50.4 Å². The molecule has 1 heterocycles. The molecule has 4 aromatic rings. The van der Waals surface area contributed by atoms with E-state index in [1.165, 1.54) is 30.7 Å². The summed E-state index contributed by atoms with van der Waals surface area (Å²) in [6, 6.07) is 17.2. The van der Waals surface area contributed by atoms with Crippen LogP contribution in [0.1, 0.15) is 31.8 Å². The number of hydrogen-bond donors (Lipinski definition) is 3. The molecule has 4 rings (SSSR count). The second-order valence-corrected chi connectivity index (χ2v) is 9.66. The van der Waals surface area contributed by atoms with Gasteiger partial charge in [0.1, 0.15) is 12.1 Å². The number of rotatable bonds is 8. The first kappa shape index (κ1) is 25.1. The third-order valence-electron chi connectivity index (χ3n) is 4.80. The summed E-state index contributed by atoms with van der Waals surface area (Å²) in [4.78, 5) is 29.6. The van der Waals surface area contributed by atoms with Crippen LogP contribution in [0.5, 0.6) is 0 Å². The Balaban J connectivity index is 1.47. The lowest BCUT2D eigenvalue weighted by Gasteiger charge is -2.11. The maximum atomic E-state index is 13.3. The molecule has 36 heavy (non-hydrogen) atoms. The monoisotopic (exact) mass is 568 g/mol. The topological polar surface area (TPSA) is 129 Å². The zero-order valence-corrected chi connectivity index (χ0v) is 20.8. The first-order chi connectivity index (χ1) is 17.4. The van der Waals surface area contributed by atoms with Gasteiger partial charge in [0.25, 0.3) is 11.8 Å². The van der Waals surface area contributed by atoms with Gasteiger partial charge in [0.05, 0.1) is 34.0 Å². The molecule has 2 amide bonds. The van der Waals surface area contributed by atoms with E-state index in [1.54, 1.807) is 48.5 Å². The molecule has 9 nitrogen and oxygen atoms in total. The molecular formula is C24H18BrFN6O3S. The Kier molecular flexibility index (Phi) is 8.08. The Hall–Kier alpha value is -4.03. The van der Waals surface area contributed by atoms with E-state index in [2.05, 4.69) is 47.0 Å². The van der Waals surface area contributed by atoms with Crippen LogP contribution in [-0.2, 0) is 16.6 Å². The Morgan fingerprint density at radius 3 is 2.69 bits per heavy atom. The molecule has 0 radical (unpaired) electrons. The maximum Gasteiger partial charge on any atom is 0.273 e. The minimum absolute atomic E-state index is 0.144. The van der Waals surface area contributed by atoms with Gasteiger partial charge >= 0.3 is 0 Å². The number of nitrogens with one attached hydrogen (secondary N) is 3. The Labute approximate surface area is 215 Å². The van der Waals surface area contributed by atoms with Gasteiger partial charge in [0.15, 0.2) is 0 Å². The SMILES string of the molecule is O=C(Nc1ccc(Br)cc1C(=O)N/N=C\c1cccc(F)c1)c1cccc(CS(=O)c2ncn[nH]2)c1. The normalized spacial score (nSPS) is 11.8. The molecule has 12 heteroatoms. The van der Waals surface area contributed by atoms with Crippen molar-refractivity contribution in [3.8, 4) is 0 Å². The van der Waals surface area contributed by atoms with Crippen LogP contribution >= 0.6 is 15.9 Å². The van der Waals surface area contributed by atoms with Gasteiger partial charge in [-0.2, -0.15) is 10.2 Å². The molecule has 182 valence electrons. The molecule has 0 aliphatic heterocycles. The molecule has 0 fully saturated rings. The van der Waals surface area contributed by atoms with E-state index in [0.717, 1.165) is 0 Å². The highest BCUT2D eigenvalue weighted by Gasteiger charge is 2.16. The minimum atomic E-state index is -1.45. The lowest BCUT2D eigenvalue weighted by molar-refractivity contribution is 0.0956. The Morgan fingerprint density at radius 2 is 1.92 bits per heavy atom. The number of aromatic amines is 1. The van der Waals surface area contributed by atoms with E-state index >= 15 is 0 Å². The molecule has 0 bridgehead atoms. The highest BCUT2D eigenvalue weighted by Crippen LogP contribution is 2.22. The Morgan fingerprint density at radius 1 is 1.08 bits per heavy atom. The van der Waals surface area contributed by atoms with Crippen molar-refractivity contribution in [1.29, 1.82) is 0 Å². The molecule has 1 aromatic heterocycles. The largest absolute Gasteiger partial charge is 0.321 e. The molecule has 3 N–H and O–H groups in total. The van der Waals surface area contributed by atoms with E-state index in [9.17, 15) is 18.2 Å². The summed E-state index contributed by atoms with van der Waals surface area (Å²) in [5, 5.41) is 13.1. The molecule has 1 atom stereocenters. The standard InChI is InChI=1S/C24H18BrFN6O3S/c25-18-7-8-21(20(11-18)23(34)31-28-12-15-3-2-6-19(26)10-15)30-22(33)17-5-1-4-16(9-17)13-36(35)24-27-14-29-32-24/h1-12,14H,13H2,(H,30,33)(H,31,34)(H,27,29,32)/b28-12-. The Bertz CT molecular complexity index is 1460. The number of hydrogen-bond acceptors (Lipinski definition) is 6. The second kappa shape index (κ2) is 11.6. The third-order valence-corrected chi connectivity index (χ3v) is 6.52. The summed E-state index contributed by atoms with van der Waals surface area (Å²) in [5.74, 6) is -1.31. The van der Waals surface area contributed by atoms with Gasteiger partial charge in [-0.05, 0) is 53.6 Å². The number of carbonyl (C=O) groups is 2. The number of nitrogens with zero attached hydrogens (tertiary/aromatic N) is 3. The summed E-state index contributed by atoms with van der Waals surface area (Å²) in [6.45, 7) is 0.